The van der Waals surface area contributed by atoms with Crippen molar-refractivity contribution in [3.63, 3.8) is 0 Å². The van der Waals surface area contributed by atoms with E-state index in [1.807, 2.05) is 0 Å². The van der Waals surface area contributed by atoms with E-state index in [1.165, 1.54) is 0 Å². The maximum absolute atomic E-state index is 14.5. The molecule has 2 amide bonds. The van der Waals surface area contributed by atoms with E-state index in [0.717, 1.165) is 37.6 Å². The molecule has 1 aromatic heterocycles. The van der Waals surface area contributed by atoms with Gasteiger partial charge in [-0.3, -0.25) is 4.79 Å². The van der Waals surface area contributed by atoms with Crippen molar-refractivity contribution in [1.82, 2.24) is 4.98 Å². The number of aromatic nitrogens is 1. The first kappa shape index (κ1) is 32.9. The molecular formula is C25H27F7N4O5S. The van der Waals surface area contributed by atoms with Gasteiger partial charge in [0.05, 0.1) is 11.1 Å². The van der Waals surface area contributed by atoms with Gasteiger partial charge in [0.25, 0.3) is 0 Å². The van der Waals surface area contributed by atoms with Crippen molar-refractivity contribution in [3.8, 4) is 5.75 Å². The van der Waals surface area contributed by atoms with Gasteiger partial charge >= 0.3 is 18.9 Å². The quantitative estimate of drug-likeness (QED) is 0.383. The van der Waals surface area contributed by atoms with E-state index in [0.29, 0.717) is 11.0 Å². The number of amides is 2. The summed E-state index contributed by atoms with van der Waals surface area (Å²) in [5.74, 6) is -6.16. The number of nitrogens with zero attached hydrogens (tertiary/aromatic N) is 3. The van der Waals surface area contributed by atoms with E-state index in [9.17, 15) is 44.5 Å². The minimum atomic E-state index is -5.01. The van der Waals surface area contributed by atoms with Gasteiger partial charge in [0.2, 0.25) is 11.7 Å². The Morgan fingerprint density at radius 1 is 1.19 bits per heavy atom. The highest BCUT2D eigenvalue weighted by molar-refractivity contribution is 7.93. The number of pyridine rings is 1. The number of carbonyl (C=O) groups is 2. The summed E-state index contributed by atoms with van der Waals surface area (Å²) in [5.41, 5.74) is -4.65. The largest absolute Gasteiger partial charge is 0.442 e. The van der Waals surface area contributed by atoms with Gasteiger partial charge in [0, 0.05) is 24.7 Å². The lowest BCUT2D eigenvalue weighted by Crippen LogP contribution is -2.53. The van der Waals surface area contributed by atoms with Crippen molar-refractivity contribution in [2.24, 2.45) is 9.78 Å². The van der Waals surface area contributed by atoms with Gasteiger partial charge in [-0.2, -0.15) is 26.3 Å². The number of rotatable bonds is 6. The van der Waals surface area contributed by atoms with Crippen LogP contribution in [0.1, 0.15) is 34.1 Å². The van der Waals surface area contributed by atoms with Crippen LogP contribution in [0.5, 0.6) is 5.75 Å². The summed E-state index contributed by atoms with van der Waals surface area (Å²) >= 11 is 0. The van der Waals surface area contributed by atoms with Crippen LogP contribution in [0, 0.1) is 17.0 Å². The van der Waals surface area contributed by atoms with Crippen LogP contribution in [0.15, 0.2) is 39.9 Å². The Balaban J connectivity index is 2.04. The first-order chi connectivity index (χ1) is 19.2. The van der Waals surface area contributed by atoms with Gasteiger partial charge in [-0.25, -0.2) is 18.4 Å². The highest BCUT2D eigenvalue weighted by Crippen LogP contribution is 2.52. The second kappa shape index (κ2) is 11.6. The molecule has 0 radical (unpaired) electrons. The molecule has 1 fully saturated rings. The number of carbonyl (C=O) groups excluding carboxylic acids is 2. The molecule has 3 rings (SSSR count). The summed E-state index contributed by atoms with van der Waals surface area (Å²) in [5, 5.41) is 1.92. The summed E-state index contributed by atoms with van der Waals surface area (Å²) in [6.07, 6.45) is -4.79. The van der Waals surface area contributed by atoms with E-state index in [-0.39, 0.29) is 10.7 Å². The molecule has 1 aliphatic rings. The van der Waals surface area contributed by atoms with E-state index in [4.69, 9.17) is 4.74 Å². The van der Waals surface area contributed by atoms with Gasteiger partial charge in [-0.1, -0.05) is 0 Å². The Morgan fingerprint density at radius 2 is 1.83 bits per heavy atom. The lowest BCUT2D eigenvalue weighted by Gasteiger charge is -2.36. The highest BCUT2D eigenvalue weighted by atomic mass is 32.2. The van der Waals surface area contributed by atoms with Gasteiger partial charge in [-0.05, 0) is 58.4 Å². The van der Waals surface area contributed by atoms with Crippen molar-refractivity contribution in [1.29, 1.82) is 0 Å². The van der Waals surface area contributed by atoms with Crippen molar-refractivity contribution in [2.75, 3.05) is 23.0 Å². The Labute approximate surface area is 236 Å². The fraction of sp³-hybridized carbons (Fsp3) is 0.480. The lowest BCUT2D eigenvalue weighted by atomic mass is 9.81. The molecule has 3 atom stereocenters. The second-order valence-corrected chi connectivity index (χ2v) is 12.8. The fourth-order valence-electron chi connectivity index (χ4n) is 4.27. The van der Waals surface area contributed by atoms with Crippen LogP contribution in [0.25, 0.3) is 0 Å². The fourth-order valence-corrected chi connectivity index (χ4v) is 5.29. The molecule has 17 heteroatoms. The molecule has 1 saturated heterocycles. The molecular weight excluding hydrogens is 601 g/mol. The van der Waals surface area contributed by atoms with E-state index < -0.39 is 87.6 Å². The van der Waals surface area contributed by atoms with Gasteiger partial charge in [0.15, 0.2) is 11.6 Å². The van der Waals surface area contributed by atoms with E-state index in [1.54, 1.807) is 20.8 Å². The summed E-state index contributed by atoms with van der Waals surface area (Å²) in [7, 11) is -3.55. The first-order valence-corrected chi connectivity index (χ1v) is 14.1. The molecule has 0 aliphatic carbocycles. The summed E-state index contributed by atoms with van der Waals surface area (Å²) in [6, 6.07) is 1.21. The Kier molecular flexibility index (Phi) is 9.06. The van der Waals surface area contributed by atoms with Crippen LogP contribution in [-0.4, -0.2) is 58.4 Å². The zero-order valence-corrected chi connectivity index (χ0v) is 23.7. The van der Waals surface area contributed by atoms with Crippen molar-refractivity contribution in [3.05, 3.63) is 42.1 Å². The average Bonchev–Trinajstić information content (AvgIpc) is 3.19. The standard InChI is InChI=1S/C25H27F7N4O5S/c1-23(2,3)41-22(38)35-42(5,39)16-12-13(8-10-33-16)34-20(37)19-24(4,25(30,31)32)9-11-36(19)15-7-6-14(26)17(27)18(15)40-21(28)29/h6-8,10,12,19,21H,9,11H2,1-5H3,(H,33,34,37)/t19?,24?,42-/m1/s1. The van der Waals surface area contributed by atoms with Crippen LogP contribution < -0.4 is 15.0 Å². The topological polar surface area (TPSA) is 110 Å². The normalized spacial score (nSPS) is 20.7. The molecule has 1 N–H and O–H groups in total. The van der Waals surface area contributed by atoms with Gasteiger partial charge < -0.3 is 19.7 Å². The van der Waals surface area contributed by atoms with Crippen LogP contribution in [0.3, 0.4) is 0 Å². The molecule has 0 bridgehead atoms. The molecule has 9 nitrogen and oxygen atoms in total. The number of benzene rings is 1. The molecule has 0 spiro atoms. The first-order valence-electron chi connectivity index (χ1n) is 12.1. The van der Waals surface area contributed by atoms with Crippen molar-refractivity contribution in [2.45, 2.75) is 63.6 Å². The van der Waals surface area contributed by atoms with Gasteiger partial charge in [0.1, 0.15) is 26.4 Å². The summed E-state index contributed by atoms with van der Waals surface area (Å²) in [4.78, 5) is 30.1. The molecule has 232 valence electrons. The van der Waals surface area contributed by atoms with Gasteiger partial charge in [-0.15, -0.1) is 4.36 Å². The molecule has 1 aromatic carbocycles. The van der Waals surface area contributed by atoms with Crippen LogP contribution >= 0.6 is 0 Å². The van der Waals surface area contributed by atoms with Crippen LogP contribution in [0.2, 0.25) is 0 Å². The average molecular weight is 629 g/mol. The molecule has 2 aromatic rings. The molecule has 2 heterocycles. The SMILES string of the molecule is CC(C)(C)OC(=O)N=[S@](C)(=O)c1cc(NC(=O)C2N(c3ccc(F)c(F)c3OC(F)F)CCC2(C)C(F)(F)F)ccn1. The minimum Gasteiger partial charge on any atom is -0.442 e. The zero-order chi connectivity index (χ0) is 31.8. The third-order valence-electron chi connectivity index (χ3n) is 6.26. The maximum atomic E-state index is 14.5. The minimum absolute atomic E-state index is 0.204. The number of hydrogen-bond donors (Lipinski definition) is 1. The zero-order valence-electron chi connectivity index (χ0n) is 22.9. The van der Waals surface area contributed by atoms with Crippen molar-refractivity contribution < 1.29 is 54.0 Å². The number of hydrogen-bond acceptors (Lipinski definition) is 7. The molecule has 2 unspecified atom stereocenters. The molecule has 0 saturated carbocycles. The van der Waals surface area contributed by atoms with Crippen LogP contribution in [-0.2, 0) is 19.3 Å². The molecule has 42 heavy (non-hydrogen) atoms. The number of ether oxygens (including phenoxy) is 2. The molecule has 1 aliphatic heterocycles. The highest BCUT2D eigenvalue weighted by Gasteiger charge is 2.63. The van der Waals surface area contributed by atoms with E-state index in [2.05, 4.69) is 19.4 Å². The van der Waals surface area contributed by atoms with E-state index >= 15 is 0 Å². The number of halogens is 7. The number of alkyl halides is 5. The lowest BCUT2D eigenvalue weighted by molar-refractivity contribution is -0.219. The Hall–Kier alpha value is -3.63. The third-order valence-corrected chi connectivity index (χ3v) is 7.76. The second-order valence-electron chi connectivity index (χ2n) is 10.6. The maximum Gasteiger partial charge on any atom is 0.442 e. The predicted octanol–water partition coefficient (Wildman–Crippen LogP) is 6.14. The summed E-state index contributed by atoms with van der Waals surface area (Å²) in [6.45, 7) is 1.15. The summed E-state index contributed by atoms with van der Waals surface area (Å²) < 4.78 is 123. The Morgan fingerprint density at radius 3 is 2.40 bits per heavy atom. The Bertz CT molecular complexity index is 1490. The smallest absolute Gasteiger partial charge is 0.442 e. The van der Waals surface area contributed by atoms with Crippen LogP contribution in [0.4, 0.5) is 46.9 Å². The predicted molar refractivity (Wildman–Crippen MR) is 137 cm³/mol. The monoisotopic (exact) mass is 628 g/mol. The third kappa shape index (κ3) is 7.04. The number of anilines is 2. The number of nitrogens with one attached hydrogen (secondary N) is 1. The van der Waals surface area contributed by atoms with Crippen molar-refractivity contribution >= 4 is 33.1 Å².